The fourth-order valence-corrected chi connectivity index (χ4v) is 0.701. The molecular formula is C7H17N3O2. The van der Waals surface area contributed by atoms with Crippen LogP contribution < -0.4 is 10.8 Å². The summed E-state index contributed by atoms with van der Waals surface area (Å²) in [5.41, 5.74) is 2.59. The number of unbranched alkanes of at least 4 members (excludes halogenated alkanes) is 1. The average Bonchev–Trinajstić information content (AvgIpc) is 2.10. The maximum atomic E-state index is 8.49. The molecule has 0 fully saturated rings. The SMILES string of the molecule is CN=C(NCCCCO)NOC. The Bertz CT molecular complexity index is 128. The van der Waals surface area contributed by atoms with E-state index in [1.54, 1.807) is 7.05 Å². The van der Waals surface area contributed by atoms with Gasteiger partial charge in [0.05, 0.1) is 7.11 Å². The van der Waals surface area contributed by atoms with E-state index in [1.807, 2.05) is 0 Å². The van der Waals surface area contributed by atoms with Crippen LogP contribution in [0.25, 0.3) is 0 Å². The van der Waals surface area contributed by atoms with Gasteiger partial charge in [0.1, 0.15) is 0 Å². The van der Waals surface area contributed by atoms with Gasteiger partial charge < -0.3 is 10.4 Å². The molecular weight excluding hydrogens is 158 g/mol. The van der Waals surface area contributed by atoms with Crippen LogP contribution in [0, 0.1) is 0 Å². The molecule has 72 valence electrons. The number of aliphatic hydroxyl groups is 1. The second-order valence-electron chi connectivity index (χ2n) is 2.24. The van der Waals surface area contributed by atoms with Crippen LogP contribution in [0.1, 0.15) is 12.8 Å². The molecule has 0 radical (unpaired) electrons. The van der Waals surface area contributed by atoms with E-state index >= 15 is 0 Å². The fraction of sp³-hybridized carbons (Fsp3) is 0.857. The van der Waals surface area contributed by atoms with Gasteiger partial charge in [-0.2, -0.15) is 0 Å². The zero-order valence-electron chi connectivity index (χ0n) is 7.63. The van der Waals surface area contributed by atoms with Crippen molar-refractivity contribution >= 4 is 5.96 Å². The highest BCUT2D eigenvalue weighted by Gasteiger charge is 1.93. The molecule has 0 saturated heterocycles. The lowest BCUT2D eigenvalue weighted by atomic mass is 10.3. The molecule has 3 N–H and O–H groups in total. The third-order valence-electron chi connectivity index (χ3n) is 1.30. The molecule has 0 aliphatic carbocycles. The van der Waals surface area contributed by atoms with Crippen molar-refractivity contribution in [3.05, 3.63) is 0 Å². The number of hydrogen-bond donors (Lipinski definition) is 3. The monoisotopic (exact) mass is 175 g/mol. The Labute approximate surface area is 72.8 Å². The third kappa shape index (κ3) is 5.94. The predicted octanol–water partition coefficient (Wildman–Crippen LogP) is -0.515. The maximum Gasteiger partial charge on any atom is 0.215 e. The van der Waals surface area contributed by atoms with Crippen molar-refractivity contribution in [2.24, 2.45) is 4.99 Å². The Morgan fingerprint density at radius 3 is 2.75 bits per heavy atom. The van der Waals surface area contributed by atoms with Crippen LogP contribution >= 0.6 is 0 Å². The Kier molecular flexibility index (Phi) is 7.73. The van der Waals surface area contributed by atoms with Gasteiger partial charge in [-0.25, -0.2) is 5.48 Å². The van der Waals surface area contributed by atoms with Gasteiger partial charge in [-0.3, -0.25) is 9.83 Å². The Morgan fingerprint density at radius 2 is 2.25 bits per heavy atom. The van der Waals surface area contributed by atoms with Crippen LogP contribution in [-0.2, 0) is 4.84 Å². The lowest BCUT2D eigenvalue weighted by Gasteiger charge is -2.08. The minimum absolute atomic E-state index is 0.234. The van der Waals surface area contributed by atoms with E-state index in [2.05, 4.69) is 20.6 Å². The first-order chi connectivity index (χ1) is 5.85. The normalized spacial score (nSPS) is 11.4. The summed E-state index contributed by atoms with van der Waals surface area (Å²) in [5, 5.41) is 11.5. The van der Waals surface area contributed by atoms with E-state index in [4.69, 9.17) is 5.11 Å². The minimum atomic E-state index is 0.234. The second-order valence-corrected chi connectivity index (χ2v) is 2.24. The van der Waals surface area contributed by atoms with E-state index in [0.29, 0.717) is 5.96 Å². The van der Waals surface area contributed by atoms with Crippen molar-refractivity contribution in [2.75, 3.05) is 27.3 Å². The van der Waals surface area contributed by atoms with E-state index < -0.39 is 0 Å². The van der Waals surface area contributed by atoms with E-state index in [9.17, 15) is 0 Å². The molecule has 0 aromatic rings. The first-order valence-electron chi connectivity index (χ1n) is 3.95. The van der Waals surface area contributed by atoms with Crippen LogP contribution in [0.3, 0.4) is 0 Å². The third-order valence-corrected chi connectivity index (χ3v) is 1.30. The summed E-state index contributed by atoms with van der Waals surface area (Å²) in [6.07, 6.45) is 1.72. The average molecular weight is 175 g/mol. The number of nitrogens with one attached hydrogen (secondary N) is 2. The summed E-state index contributed by atoms with van der Waals surface area (Å²) in [7, 11) is 3.20. The molecule has 0 aromatic carbocycles. The van der Waals surface area contributed by atoms with Crippen LogP contribution in [0.15, 0.2) is 4.99 Å². The summed E-state index contributed by atoms with van der Waals surface area (Å²) >= 11 is 0. The van der Waals surface area contributed by atoms with Crippen molar-refractivity contribution in [1.29, 1.82) is 0 Å². The lowest BCUT2D eigenvalue weighted by molar-refractivity contribution is 0.141. The van der Waals surface area contributed by atoms with E-state index in [1.165, 1.54) is 7.11 Å². The number of aliphatic imine (C=N–C) groups is 1. The van der Waals surface area contributed by atoms with Gasteiger partial charge in [0.15, 0.2) is 0 Å². The quantitative estimate of drug-likeness (QED) is 0.228. The highest BCUT2D eigenvalue weighted by Crippen LogP contribution is 1.83. The summed E-state index contributed by atoms with van der Waals surface area (Å²) in [6.45, 7) is 1.02. The molecule has 0 aliphatic heterocycles. The Balaban J connectivity index is 3.33. The molecule has 5 nitrogen and oxygen atoms in total. The number of aliphatic hydroxyl groups excluding tert-OH is 1. The zero-order valence-corrected chi connectivity index (χ0v) is 7.63. The predicted molar refractivity (Wildman–Crippen MR) is 47.8 cm³/mol. The molecule has 0 rings (SSSR count). The van der Waals surface area contributed by atoms with Crippen molar-refractivity contribution in [3.63, 3.8) is 0 Å². The van der Waals surface area contributed by atoms with Crippen molar-refractivity contribution < 1.29 is 9.94 Å². The summed E-state index contributed by atoms with van der Waals surface area (Å²) < 4.78 is 0. The van der Waals surface area contributed by atoms with Gasteiger partial charge in [0.2, 0.25) is 5.96 Å². The van der Waals surface area contributed by atoms with Crippen molar-refractivity contribution in [2.45, 2.75) is 12.8 Å². The van der Waals surface area contributed by atoms with Gasteiger partial charge in [0.25, 0.3) is 0 Å². The first kappa shape index (κ1) is 11.2. The minimum Gasteiger partial charge on any atom is -0.396 e. The number of nitrogens with zero attached hydrogens (tertiary/aromatic N) is 1. The van der Waals surface area contributed by atoms with Crippen LogP contribution in [0.4, 0.5) is 0 Å². The highest BCUT2D eigenvalue weighted by atomic mass is 16.6. The maximum absolute atomic E-state index is 8.49. The smallest absolute Gasteiger partial charge is 0.215 e. The molecule has 0 aliphatic rings. The van der Waals surface area contributed by atoms with Gasteiger partial charge in [-0.1, -0.05) is 0 Å². The van der Waals surface area contributed by atoms with Crippen LogP contribution in [-0.4, -0.2) is 38.4 Å². The van der Waals surface area contributed by atoms with Crippen LogP contribution in [0.5, 0.6) is 0 Å². The first-order valence-corrected chi connectivity index (χ1v) is 3.95. The molecule has 0 aromatic heterocycles. The highest BCUT2D eigenvalue weighted by molar-refractivity contribution is 5.78. The van der Waals surface area contributed by atoms with Crippen LogP contribution in [0.2, 0.25) is 0 Å². The second kappa shape index (κ2) is 8.29. The number of rotatable bonds is 5. The Morgan fingerprint density at radius 1 is 1.50 bits per heavy atom. The molecule has 0 saturated carbocycles. The van der Waals surface area contributed by atoms with Gasteiger partial charge in [-0.15, -0.1) is 0 Å². The van der Waals surface area contributed by atoms with E-state index in [-0.39, 0.29) is 6.61 Å². The van der Waals surface area contributed by atoms with Gasteiger partial charge >= 0.3 is 0 Å². The molecule has 0 bridgehead atoms. The number of hydrogen-bond acceptors (Lipinski definition) is 3. The van der Waals surface area contributed by atoms with Crippen molar-refractivity contribution in [3.8, 4) is 0 Å². The summed E-state index contributed by atoms with van der Waals surface area (Å²) in [4.78, 5) is 8.54. The Hall–Kier alpha value is -0.810. The molecule has 0 unspecified atom stereocenters. The lowest BCUT2D eigenvalue weighted by Crippen LogP contribution is -2.37. The number of hydroxylamine groups is 1. The topological polar surface area (TPSA) is 65.9 Å². The largest absolute Gasteiger partial charge is 0.396 e. The summed E-state index contributed by atoms with van der Waals surface area (Å²) in [5.74, 6) is 0.607. The molecule has 12 heavy (non-hydrogen) atoms. The summed E-state index contributed by atoms with van der Waals surface area (Å²) in [6, 6.07) is 0. The zero-order chi connectivity index (χ0) is 9.23. The molecule has 5 heteroatoms. The van der Waals surface area contributed by atoms with E-state index in [0.717, 1.165) is 19.4 Å². The molecule has 0 amide bonds. The molecule has 0 heterocycles. The number of guanidine groups is 1. The van der Waals surface area contributed by atoms with Crippen molar-refractivity contribution in [1.82, 2.24) is 10.8 Å². The standard InChI is InChI=1S/C7H17N3O2/c1-8-7(10-12-2)9-5-3-4-6-11/h11H,3-6H2,1-2H3,(H2,8,9,10). The molecule has 0 atom stereocenters. The van der Waals surface area contributed by atoms with Gasteiger partial charge in [0, 0.05) is 20.2 Å². The fourth-order valence-electron chi connectivity index (χ4n) is 0.701. The molecule has 0 spiro atoms. The van der Waals surface area contributed by atoms with Gasteiger partial charge in [-0.05, 0) is 12.8 Å².